The van der Waals surface area contributed by atoms with Crippen molar-refractivity contribution in [3.05, 3.63) is 16.3 Å². The highest BCUT2D eigenvalue weighted by Crippen LogP contribution is 2.48. The number of thiophene rings is 1. The van der Waals surface area contributed by atoms with E-state index in [4.69, 9.17) is 0 Å². The lowest BCUT2D eigenvalue weighted by Crippen LogP contribution is -2.29. The number of hydrogen-bond donors (Lipinski definition) is 2. The van der Waals surface area contributed by atoms with E-state index in [1.165, 1.54) is 11.3 Å². The van der Waals surface area contributed by atoms with Crippen molar-refractivity contribution in [1.29, 1.82) is 0 Å². The van der Waals surface area contributed by atoms with Gasteiger partial charge in [0.25, 0.3) is 0 Å². The Kier molecular flexibility index (Phi) is 4.66. The van der Waals surface area contributed by atoms with Crippen molar-refractivity contribution in [1.82, 2.24) is 10.0 Å². The summed E-state index contributed by atoms with van der Waals surface area (Å²) in [6, 6.07) is 1.77. The molecule has 0 saturated heterocycles. The first-order valence-corrected chi connectivity index (χ1v) is 9.15. The summed E-state index contributed by atoms with van der Waals surface area (Å²) in [5.41, 5.74) is 0.232. The Balaban J connectivity index is 1.97. The first kappa shape index (κ1) is 15.0. The van der Waals surface area contributed by atoms with Crippen LogP contribution in [-0.2, 0) is 16.6 Å². The second kappa shape index (κ2) is 5.91. The molecule has 108 valence electrons. The lowest BCUT2D eigenvalue weighted by Gasteiger charge is -2.12. The minimum absolute atomic E-state index is 0.232. The molecule has 1 aromatic rings. The van der Waals surface area contributed by atoms with Crippen LogP contribution in [0.4, 0.5) is 0 Å². The Morgan fingerprint density at radius 3 is 2.68 bits per heavy atom. The molecule has 4 nitrogen and oxygen atoms in total. The molecule has 2 N–H and O–H groups in total. The molecule has 1 aromatic heterocycles. The van der Waals surface area contributed by atoms with Crippen molar-refractivity contribution >= 4 is 21.4 Å². The fourth-order valence-corrected chi connectivity index (χ4v) is 4.41. The Morgan fingerprint density at radius 1 is 1.37 bits per heavy atom. The highest BCUT2D eigenvalue weighted by atomic mass is 32.2. The zero-order valence-corrected chi connectivity index (χ0v) is 13.2. The van der Waals surface area contributed by atoms with Gasteiger partial charge in [-0.1, -0.05) is 13.8 Å². The molecule has 0 amide bonds. The van der Waals surface area contributed by atoms with E-state index in [9.17, 15) is 8.42 Å². The van der Waals surface area contributed by atoms with Gasteiger partial charge in [-0.25, -0.2) is 13.1 Å². The van der Waals surface area contributed by atoms with Gasteiger partial charge in [-0.15, -0.1) is 11.3 Å². The maximum absolute atomic E-state index is 12.2. The van der Waals surface area contributed by atoms with Gasteiger partial charge in [0.2, 0.25) is 10.0 Å². The predicted octanol–water partition coefficient (Wildman–Crippen LogP) is 2.33. The highest BCUT2D eigenvalue weighted by molar-refractivity contribution is 7.89. The van der Waals surface area contributed by atoms with Crippen LogP contribution >= 0.6 is 11.3 Å². The number of sulfonamides is 1. The molecule has 1 saturated carbocycles. The van der Waals surface area contributed by atoms with E-state index in [1.54, 1.807) is 11.4 Å². The van der Waals surface area contributed by atoms with E-state index in [2.05, 4.69) is 17.0 Å². The Hall–Kier alpha value is -0.430. The van der Waals surface area contributed by atoms with E-state index >= 15 is 0 Å². The first-order valence-electron chi connectivity index (χ1n) is 6.79. The Labute approximate surface area is 119 Å². The van der Waals surface area contributed by atoms with Crippen molar-refractivity contribution in [2.75, 3.05) is 13.1 Å². The molecule has 0 spiro atoms. The third kappa shape index (κ3) is 3.78. The van der Waals surface area contributed by atoms with Gasteiger partial charge in [-0.3, -0.25) is 0 Å². The summed E-state index contributed by atoms with van der Waals surface area (Å²) in [6.45, 7) is 6.35. The summed E-state index contributed by atoms with van der Waals surface area (Å²) in [4.78, 5) is 1.45. The van der Waals surface area contributed by atoms with Crippen LogP contribution in [0.2, 0.25) is 0 Å². The first-order chi connectivity index (χ1) is 9.01. The average Bonchev–Trinajstić information content (AvgIpc) is 3.03. The topological polar surface area (TPSA) is 58.2 Å². The monoisotopic (exact) mass is 302 g/mol. The third-order valence-corrected chi connectivity index (χ3v) is 6.30. The second-order valence-electron chi connectivity index (χ2n) is 5.21. The quantitative estimate of drug-likeness (QED) is 0.775. The minimum atomic E-state index is -3.34. The molecule has 0 radical (unpaired) electrons. The van der Waals surface area contributed by atoms with Gasteiger partial charge in [0, 0.05) is 23.3 Å². The van der Waals surface area contributed by atoms with Crippen molar-refractivity contribution < 1.29 is 8.42 Å². The van der Waals surface area contributed by atoms with Crippen LogP contribution < -0.4 is 10.0 Å². The van der Waals surface area contributed by atoms with Crippen LogP contribution in [0.1, 0.15) is 38.0 Å². The van der Waals surface area contributed by atoms with E-state index in [1.807, 2.05) is 6.92 Å². The molecule has 0 aliphatic heterocycles. The fraction of sp³-hybridized carbons (Fsp3) is 0.692. The molecular formula is C13H22N2O2S2. The van der Waals surface area contributed by atoms with Crippen LogP contribution in [-0.4, -0.2) is 21.5 Å². The smallest absolute Gasteiger partial charge is 0.241 e. The van der Waals surface area contributed by atoms with Crippen molar-refractivity contribution in [3.8, 4) is 0 Å². The van der Waals surface area contributed by atoms with Crippen LogP contribution in [0.3, 0.4) is 0 Å². The van der Waals surface area contributed by atoms with E-state index in [0.29, 0.717) is 11.4 Å². The second-order valence-corrected chi connectivity index (χ2v) is 7.97. The van der Waals surface area contributed by atoms with E-state index in [-0.39, 0.29) is 5.41 Å². The molecule has 0 aromatic carbocycles. The molecule has 0 atom stereocenters. The average molecular weight is 302 g/mol. The summed E-state index contributed by atoms with van der Waals surface area (Å²) >= 11 is 1.49. The Morgan fingerprint density at radius 2 is 2.11 bits per heavy atom. The summed E-state index contributed by atoms with van der Waals surface area (Å²) in [5, 5.41) is 4.92. The van der Waals surface area contributed by atoms with Crippen LogP contribution in [0.15, 0.2) is 16.3 Å². The van der Waals surface area contributed by atoms with Gasteiger partial charge in [0.1, 0.15) is 0 Å². The fourth-order valence-electron chi connectivity index (χ4n) is 2.01. The van der Waals surface area contributed by atoms with Gasteiger partial charge in [-0.05, 0) is 37.3 Å². The van der Waals surface area contributed by atoms with Crippen LogP contribution in [0.5, 0.6) is 0 Å². The summed E-state index contributed by atoms with van der Waals surface area (Å²) in [5.74, 6) is 0. The summed E-state index contributed by atoms with van der Waals surface area (Å²) in [6.07, 6.45) is 3.33. The van der Waals surface area contributed by atoms with Gasteiger partial charge in [-0.2, -0.15) is 0 Å². The zero-order valence-electron chi connectivity index (χ0n) is 11.5. The molecule has 1 heterocycles. The third-order valence-electron chi connectivity index (χ3n) is 3.83. The van der Waals surface area contributed by atoms with Gasteiger partial charge < -0.3 is 5.32 Å². The van der Waals surface area contributed by atoms with Crippen molar-refractivity contribution in [2.45, 2.75) is 44.6 Å². The summed E-state index contributed by atoms with van der Waals surface area (Å²) in [7, 11) is -3.34. The largest absolute Gasteiger partial charge is 0.312 e. The molecule has 1 fully saturated rings. The lowest BCUT2D eigenvalue weighted by atomic mass is 10.1. The number of nitrogens with one attached hydrogen (secondary N) is 2. The van der Waals surface area contributed by atoms with E-state index in [0.717, 1.165) is 37.2 Å². The van der Waals surface area contributed by atoms with Gasteiger partial charge in [0.15, 0.2) is 0 Å². The molecule has 19 heavy (non-hydrogen) atoms. The molecule has 6 heteroatoms. The van der Waals surface area contributed by atoms with Crippen molar-refractivity contribution in [2.24, 2.45) is 5.41 Å². The molecular weight excluding hydrogens is 280 g/mol. The minimum Gasteiger partial charge on any atom is -0.312 e. The zero-order chi connectivity index (χ0) is 13.9. The maximum Gasteiger partial charge on any atom is 0.241 e. The van der Waals surface area contributed by atoms with Gasteiger partial charge in [0.05, 0.1) is 4.90 Å². The SMILES string of the molecule is CCNCc1cc(S(=O)(=O)NCC2(CC)CC2)cs1. The van der Waals surface area contributed by atoms with Gasteiger partial charge >= 0.3 is 0 Å². The highest BCUT2D eigenvalue weighted by Gasteiger charge is 2.41. The number of rotatable bonds is 8. The maximum atomic E-state index is 12.2. The standard InChI is InChI=1S/C13H22N2O2S2/c1-3-13(5-6-13)10-15-19(16,17)12-7-11(18-9-12)8-14-4-2/h7,9,14-15H,3-6,8,10H2,1-2H3. The molecule has 0 unspecified atom stereocenters. The number of hydrogen-bond acceptors (Lipinski definition) is 4. The normalized spacial score (nSPS) is 17.6. The molecule has 1 aliphatic rings. The predicted molar refractivity (Wildman–Crippen MR) is 78.8 cm³/mol. The van der Waals surface area contributed by atoms with E-state index < -0.39 is 10.0 Å². The summed E-state index contributed by atoms with van der Waals surface area (Å²) < 4.78 is 27.1. The van der Waals surface area contributed by atoms with Crippen LogP contribution in [0.25, 0.3) is 0 Å². The lowest BCUT2D eigenvalue weighted by molar-refractivity contribution is 0.476. The molecule has 2 rings (SSSR count). The molecule has 0 bridgehead atoms. The molecule has 1 aliphatic carbocycles. The van der Waals surface area contributed by atoms with Crippen LogP contribution in [0, 0.1) is 5.41 Å². The van der Waals surface area contributed by atoms with Crippen molar-refractivity contribution in [3.63, 3.8) is 0 Å². The Bertz CT molecular complexity index is 519.